The molecule has 162 valence electrons. The first kappa shape index (κ1) is 21.5. The molecule has 2 aromatic rings. The van der Waals surface area contributed by atoms with Crippen LogP contribution in [0.1, 0.15) is 37.3 Å². The molecule has 2 aliphatic heterocycles. The van der Waals surface area contributed by atoms with Crippen molar-refractivity contribution in [2.75, 3.05) is 32.7 Å². The lowest BCUT2D eigenvalue weighted by molar-refractivity contribution is -0.126. The number of nitrogens with one attached hydrogen (secondary N) is 1. The average Bonchev–Trinajstić information content (AvgIpc) is 3.49. The number of nitrogens with zero attached hydrogens (tertiary/aromatic N) is 2. The van der Waals surface area contributed by atoms with Gasteiger partial charge in [-0.3, -0.25) is 9.69 Å². The fourth-order valence-electron chi connectivity index (χ4n) is 4.42. The second kappa shape index (κ2) is 9.60. The van der Waals surface area contributed by atoms with Crippen molar-refractivity contribution in [1.29, 1.82) is 0 Å². The van der Waals surface area contributed by atoms with Gasteiger partial charge in [0.1, 0.15) is 4.21 Å². The normalized spacial score (nSPS) is 20.3. The van der Waals surface area contributed by atoms with Crippen LogP contribution >= 0.6 is 11.3 Å². The van der Waals surface area contributed by atoms with Gasteiger partial charge in [-0.15, -0.1) is 11.3 Å². The monoisotopic (exact) mass is 447 g/mol. The van der Waals surface area contributed by atoms with E-state index in [1.807, 2.05) is 18.2 Å². The molecule has 0 unspecified atom stereocenters. The van der Waals surface area contributed by atoms with Crippen LogP contribution in [0.15, 0.2) is 52.1 Å². The molecule has 0 bridgehead atoms. The fraction of sp³-hybridized carbons (Fsp3) is 0.500. The topological polar surface area (TPSA) is 69.7 Å². The summed E-state index contributed by atoms with van der Waals surface area (Å²) < 4.78 is 27.2. The molecule has 30 heavy (non-hydrogen) atoms. The number of amides is 1. The Morgan fingerprint density at radius 3 is 2.37 bits per heavy atom. The first-order valence-corrected chi connectivity index (χ1v) is 13.0. The van der Waals surface area contributed by atoms with Crippen molar-refractivity contribution in [3.63, 3.8) is 0 Å². The highest BCUT2D eigenvalue weighted by Crippen LogP contribution is 2.27. The van der Waals surface area contributed by atoms with Crippen LogP contribution in [-0.2, 0) is 14.8 Å². The maximum absolute atomic E-state index is 12.8. The Labute approximate surface area is 182 Å². The Morgan fingerprint density at radius 2 is 1.73 bits per heavy atom. The molecule has 0 spiro atoms. The summed E-state index contributed by atoms with van der Waals surface area (Å²) in [5, 5.41) is 4.94. The van der Waals surface area contributed by atoms with Crippen molar-refractivity contribution in [2.24, 2.45) is 5.92 Å². The number of piperidine rings is 1. The first-order chi connectivity index (χ1) is 14.6. The molecule has 1 atom stereocenters. The minimum Gasteiger partial charge on any atom is -0.354 e. The van der Waals surface area contributed by atoms with E-state index in [4.69, 9.17) is 0 Å². The summed E-state index contributed by atoms with van der Waals surface area (Å²) in [6, 6.07) is 13.9. The van der Waals surface area contributed by atoms with E-state index in [0.717, 1.165) is 13.1 Å². The zero-order valence-electron chi connectivity index (χ0n) is 17.1. The maximum Gasteiger partial charge on any atom is 0.252 e. The van der Waals surface area contributed by atoms with E-state index in [9.17, 15) is 13.2 Å². The van der Waals surface area contributed by atoms with E-state index in [-0.39, 0.29) is 17.9 Å². The third-order valence-corrected chi connectivity index (χ3v) is 9.42. The first-order valence-electron chi connectivity index (χ1n) is 10.7. The lowest BCUT2D eigenvalue weighted by atomic mass is 9.97. The zero-order valence-corrected chi connectivity index (χ0v) is 18.7. The molecule has 6 nitrogen and oxygen atoms in total. The Hall–Kier alpha value is -1.74. The predicted octanol–water partition coefficient (Wildman–Crippen LogP) is 3.10. The molecule has 2 aliphatic rings. The molecule has 3 heterocycles. The number of hydrogen-bond acceptors (Lipinski definition) is 5. The number of thiophene rings is 1. The van der Waals surface area contributed by atoms with Crippen molar-refractivity contribution in [3.05, 3.63) is 53.4 Å². The Bertz CT molecular complexity index is 918. The highest BCUT2D eigenvalue weighted by atomic mass is 32.2. The molecule has 1 aromatic heterocycles. The van der Waals surface area contributed by atoms with Crippen LogP contribution in [0.3, 0.4) is 0 Å². The molecule has 0 saturated carbocycles. The molecule has 0 aliphatic carbocycles. The van der Waals surface area contributed by atoms with Crippen molar-refractivity contribution in [1.82, 2.24) is 14.5 Å². The number of benzene rings is 1. The summed E-state index contributed by atoms with van der Waals surface area (Å²) in [7, 11) is -3.43. The minimum absolute atomic E-state index is 0.0447. The lowest BCUT2D eigenvalue weighted by Crippen LogP contribution is -2.44. The number of carbonyl (C=O) groups excluding carboxylic acids is 1. The SMILES string of the molecule is O=C(NC[C@H](c1ccccc1)N1CCCC1)C1CCN(S(=O)(=O)c2cccs2)CC1. The zero-order chi connectivity index (χ0) is 21.0. The Balaban J connectivity index is 1.33. The molecule has 1 N–H and O–H groups in total. The van der Waals surface area contributed by atoms with E-state index >= 15 is 0 Å². The number of sulfonamides is 1. The number of rotatable bonds is 7. The van der Waals surface area contributed by atoms with Crippen LogP contribution in [0, 0.1) is 5.92 Å². The summed E-state index contributed by atoms with van der Waals surface area (Å²) in [6.45, 7) is 3.51. The van der Waals surface area contributed by atoms with Gasteiger partial charge in [-0.25, -0.2) is 8.42 Å². The van der Waals surface area contributed by atoms with Gasteiger partial charge in [0.25, 0.3) is 10.0 Å². The van der Waals surface area contributed by atoms with Crippen molar-refractivity contribution >= 4 is 27.3 Å². The van der Waals surface area contributed by atoms with Gasteiger partial charge in [0.2, 0.25) is 5.91 Å². The van der Waals surface area contributed by atoms with Crippen LogP contribution in [0.5, 0.6) is 0 Å². The number of hydrogen-bond donors (Lipinski definition) is 1. The molecule has 1 amide bonds. The van der Waals surface area contributed by atoms with Crippen LogP contribution in [0.2, 0.25) is 0 Å². The van der Waals surface area contributed by atoms with Gasteiger partial charge in [0, 0.05) is 25.6 Å². The third kappa shape index (κ3) is 4.77. The Kier molecular flexibility index (Phi) is 6.87. The third-order valence-electron chi connectivity index (χ3n) is 6.15. The van der Waals surface area contributed by atoms with E-state index in [0.29, 0.717) is 36.7 Å². The van der Waals surface area contributed by atoms with Gasteiger partial charge < -0.3 is 5.32 Å². The molecule has 8 heteroatoms. The fourth-order valence-corrected chi connectivity index (χ4v) is 7.04. The van der Waals surface area contributed by atoms with Gasteiger partial charge in [-0.1, -0.05) is 36.4 Å². The maximum atomic E-state index is 12.8. The largest absolute Gasteiger partial charge is 0.354 e. The molecule has 2 saturated heterocycles. The number of carbonyl (C=O) groups is 1. The van der Waals surface area contributed by atoms with E-state index in [2.05, 4.69) is 22.3 Å². The van der Waals surface area contributed by atoms with Gasteiger partial charge in [-0.05, 0) is 55.8 Å². The standard InChI is InChI=1S/C22H29N3O3S2/c26-22(19-10-14-25(15-11-19)30(27,28)21-9-6-16-29-21)23-17-20(24-12-4-5-13-24)18-7-2-1-3-8-18/h1-3,6-9,16,19-20H,4-5,10-15,17H2,(H,23,26)/t20-/m1/s1. The summed E-state index contributed by atoms with van der Waals surface area (Å²) in [5.41, 5.74) is 1.23. The summed E-state index contributed by atoms with van der Waals surface area (Å²) in [6.07, 6.45) is 3.54. The van der Waals surface area contributed by atoms with Crippen LogP contribution in [0.4, 0.5) is 0 Å². The predicted molar refractivity (Wildman–Crippen MR) is 119 cm³/mol. The summed E-state index contributed by atoms with van der Waals surface area (Å²) in [4.78, 5) is 15.3. The molecule has 1 aromatic carbocycles. The second-order valence-corrected chi connectivity index (χ2v) is 11.1. The smallest absolute Gasteiger partial charge is 0.252 e. The van der Waals surface area contributed by atoms with Crippen molar-refractivity contribution in [3.8, 4) is 0 Å². The molecule has 0 radical (unpaired) electrons. The van der Waals surface area contributed by atoms with Gasteiger partial charge in [-0.2, -0.15) is 4.31 Å². The molecule has 2 fully saturated rings. The average molecular weight is 448 g/mol. The van der Waals surface area contributed by atoms with Crippen LogP contribution in [0.25, 0.3) is 0 Å². The van der Waals surface area contributed by atoms with E-state index < -0.39 is 10.0 Å². The van der Waals surface area contributed by atoms with Crippen LogP contribution in [-0.4, -0.2) is 56.3 Å². The quantitative estimate of drug-likeness (QED) is 0.708. The summed E-state index contributed by atoms with van der Waals surface area (Å²) in [5.74, 6) is -0.0851. The van der Waals surface area contributed by atoms with Gasteiger partial charge >= 0.3 is 0 Å². The Morgan fingerprint density at radius 1 is 1.03 bits per heavy atom. The minimum atomic E-state index is -3.43. The van der Waals surface area contributed by atoms with Crippen molar-refractivity contribution < 1.29 is 13.2 Å². The molecule has 4 rings (SSSR count). The number of likely N-dealkylation sites (tertiary alicyclic amines) is 1. The van der Waals surface area contributed by atoms with E-state index in [1.165, 1.54) is 34.0 Å². The van der Waals surface area contributed by atoms with Crippen LogP contribution < -0.4 is 5.32 Å². The lowest BCUT2D eigenvalue weighted by Gasteiger charge is -2.32. The van der Waals surface area contributed by atoms with Gasteiger partial charge in [0.05, 0.1) is 6.04 Å². The van der Waals surface area contributed by atoms with Crippen molar-refractivity contribution in [2.45, 2.75) is 35.9 Å². The summed E-state index contributed by atoms with van der Waals surface area (Å²) >= 11 is 1.24. The second-order valence-electron chi connectivity index (χ2n) is 8.03. The van der Waals surface area contributed by atoms with Gasteiger partial charge in [0.15, 0.2) is 0 Å². The molecular weight excluding hydrogens is 418 g/mol. The molecular formula is C22H29N3O3S2. The highest BCUT2D eigenvalue weighted by Gasteiger charge is 2.33. The highest BCUT2D eigenvalue weighted by molar-refractivity contribution is 7.91. The van der Waals surface area contributed by atoms with E-state index in [1.54, 1.807) is 17.5 Å².